The number of hydrogen-bond donors (Lipinski definition) is 1. The predicted octanol–water partition coefficient (Wildman–Crippen LogP) is 3.72. The van der Waals surface area contributed by atoms with Crippen LogP contribution in [-0.4, -0.2) is 29.9 Å². The zero-order valence-electron chi connectivity index (χ0n) is 19.5. The first-order valence-corrected chi connectivity index (χ1v) is 13.6. The second kappa shape index (κ2) is 23.5. The maximum absolute atomic E-state index is 10.5. The molecule has 1 unspecified atom stereocenters. The Bertz CT molecular complexity index is 415. The molecule has 0 rings (SSSR count). The molecular formula is C23H47NaO4S. The van der Waals surface area contributed by atoms with Gasteiger partial charge in [-0.3, -0.25) is 0 Å². The van der Waals surface area contributed by atoms with E-state index in [4.69, 9.17) is 0 Å². The minimum atomic E-state index is -4.02. The molecule has 4 nitrogen and oxygen atoms in total. The van der Waals surface area contributed by atoms with Gasteiger partial charge in [0.05, 0.1) is 16.2 Å². The first kappa shape index (κ1) is 32.1. The van der Waals surface area contributed by atoms with E-state index in [1.807, 2.05) is 0 Å². The molecule has 170 valence electrons. The van der Waals surface area contributed by atoms with E-state index in [1.165, 1.54) is 83.5 Å². The zero-order chi connectivity index (χ0) is 20.9. The third-order valence-electron chi connectivity index (χ3n) is 5.57. The second-order valence-corrected chi connectivity index (χ2v) is 10.0. The molecule has 0 aliphatic carbocycles. The van der Waals surface area contributed by atoms with Crippen LogP contribution in [0.3, 0.4) is 0 Å². The monoisotopic (exact) mass is 442 g/mol. The van der Waals surface area contributed by atoms with Gasteiger partial charge in [-0.2, -0.15) is 0 Å². The van der Waals surface area contributed by atoms with E-state index >= 15 is 0 Å². The molecule has 0 spiro atoms. The molecule has 0 aromatic rings. The quantitative estimate of drug-likeness (QED) is 0.157. The van der Waals surface area contributed by atoms with Gasteiger partial charge in [-0.15, -0.1) is 0 Å². The van der Waals surface area contributed by atoms with E-state index in [0.717, 1.165) is 38.5 Å². The molecule has 1 atom stereocenters. The Kier molecular flexibility index (Phi) is 26.0. The molecule has 29 heavy (non-hydrogen) atoms. The Hall–Kier alpha value is 0.870. The summed E-state index contributed by atoms with van der Waals surface area (Å²) in [5.41, 5.74) is 0. The van der Waals surface area contributed by atoms with Gasteiger partial charge < -0.3 is 9.66 Å². The Morgan fingerprint density at radius 2 is 0.931 bits per heavy atom. The van der Waals surface area contributed by atoms with E-state index in [0.29, 0.717) is 6.42 Å². The van der Waals surface area contributed by atoms with Gasteiger partial charge >= 0.3 is 29.6 Å². The van der Waals surface area contributed by atoms with Gasteiger partial charge in [0.25, 0.3) is 0 Å². The molecule has 6 heteroatoms. The first-order valence-electron chi connectivity index (χ1n) is 12.1. The van der Waals surface area contributed by atoms with Crippen molar-refractivity contribution in [3.8, 4) is 0 Å². The molecule has 0 saturated heterocycles. The van der Waals surface area contributed by atoms with Crippen molar-refractivity contribution in [2.24, 2.45) is 0 Å². The molecule has 0 aliphatic rings. The van der Waals surface area contributed by atoms with Gasteiger partial charge in [-0.25, -0.2) is 8.42 Å². The van der Waals surface area contributed by atoms with Crippen molar-refractivity contribution in [2.45, 2.75) is 141 Å². The molecule has 1 N–H and O–H groups in total. The van der Waals surface area contributed by atoms with Crippen LogP contribution in [0.1, 0.15) is 135 Å². The minimum Gasteiger partial charge on any atom is -0.748 e. The summed E-state index contributed by atoms with van der Waals surface area (Å²) in [6.45, 7) is 2.25. The number of aliphatic hydroxyl groups excluding tert-OH is 1. The van der Waals surface area contributed by atoms with Crippen LogP contribution < -0.4 is 29.6 Å². The molecular weight excluding hydrogens is 395 g/mol. The summed E-state index contributed by atoms with van der Waals surface area (Å²) in [5, 5.41) is 10.0. The summed E-state index contributed by atoms with van der Waals surface area (Å²) in [4.78, 5) is 0. The van der Waals surface area contributed by atoms with Crippen molar-refractivity contribution in [2.75, 3.05) is 5.75 Å². The Morgan fingerprint density at radius 1 is 0.621 bits per heavy atom. The summed E-state index contributed by atoms with van der Waals surface area (Å²) in [6.07, 6.45) is 23.2. The molecule has 0 bridgehead atoms. The first-order chi connectivity index (χ1) is 13.5. The van der Waals surface area contributed by atoms with Gasteiger partial charge in [-0.05, 0) is 19.3 Å². The van der Waals surface area contributed by atoms with E-state index in [-0.39, 0.29) is 41.4 Å². The molecule has 0 aromatic carbocycles. The normalized spacial score (nSPS) is 12.7. The van der Waals surface area contributed by atoms with Crippen molar-refractivity contribution in [1.29, 1.82) is 0 Å². The van der Waals surface area contributed by atoms with Crippen molar-refractivity contribution in [3.63, 3.8) is 0 Å². The second-order valence-electron chi connectivity index (χ2n) is 8.50. The maximum atomic E-state index is 10.5. The minimum absolute atomic E-state index is 0. The molecule has 0 aromatic heterocycles. The Balaban J connectivity index is 0. The van der Waals surface area contributed by atoms with Crippen LogP contribution in [0.4, 0.5) is 0 Å². The standard InChI is InChI=1S/C23H48O4S.Na/c1-2-3-4-5-11-14-17-20-23(24)21-18-15-12-9-7-6-8-10-13-16-19-22-28(25,26)27;/h23-24H,2-22H2,1H3,(H,25,26,27);/q;+1/p-1. The number of unbranched alkanes of at least 4 members (excludes halogenated alkanes) is 16. The van der Waals surface area contributed by atoms with Crippen molar-refractivity contribution in [3.05, 3.63) is 0 Å². The summed E-state index contributed by atoms with van der Waals surface area (Å²) in [7, 11) is -4.02. The number of hydrogen-bond acceptors (Lipinski definition) is 4. The molecule has 0 heterocycles. The summed E-state index contributed by atoms with van der Waals surface area (Å²) in [6, 6.07) is 0. The molecule has 0 fully saturated rings. The van der Waals surface area contributed by atoms with Crippen molar-refractivity contribution < 1.29 is 47.6 Å². The summed E-state index contributed by atoms with van der Waals surface area (Å²) in [5.74, 6) is -0.208. The summed E-state index contributed by atoms with van der Waals surface area (Å²) < 4.78 is 31.4. The smallest absolute Gasteiger partial charge is 0.748 e. The van der Waals surface area contributed by atoms with Gasteiger partial charge in [-0.1, -0.05) is 116 Å². The molecule has 0 saturated carbocycles. The van der Waals surface area contributed by atoms with Crippen LogP contribution in [0.2, 0.25) is 0 Å². The molecule has 0 amide bonds. The number of aliphatic hydroxyl groups is 1. The summed E-state index contributed by atoms with van der Waals surface area (Å²) >= 11 is 0. The SMILES string of the molecule is CCCCCCCCCC(O)CCCCCCCCCCCCCS(=O)(=O)[O-].[Na+]. The van der Waals surface area contributed by atoms with Crippen molar-refractivity contribution >= 4 is 10.1 Å². The largest absolute Gasteiger partial charge is 1.00 e. The van der Waals surface area contributed by atoms with E-state index in [2.05, 4.69) is 6.92 Å². The van der Waals surface area contributed by atoms with Crippen molar-refractivity contribution in [1.82, 2.24) is 0 Å². The van der Waals surface area contributed by atoms with E-state index < -0.39 is 10.1 Å². The fourth-order valence-electron chi connectivity index (χ4n) is 3.73. The average Bonchev–Trinajstić information content (AvgIpc) is 2.64. The van der Waals surface area contributed by atoms with E-state index in [1.54, 1.807) is 0 Å². The fourth-order valence-corrected chi connectivity index (χ4v) is 4.29. The van der Waals surface area contributed by atoms with Gasteiger partial charge in [0.15, 0.2) is 0 Å². The van der Waals surface area contributed by atoms with Crippen LogP contribution in [0.25, 0.3) is 0 Å². The number of rotatable bonds is 22. The van der Waals surface area contributed by atoms with Crippen LogP contribution in [0.5, 0.6) is 0 Å². The fraction of sp³-hybridized carbons (Fsp3) is 1.00. The van der Waals surface area contributed by atoms with Gasteiger partial charge in [0.1, 0.15) is 0 Å². The Morgan fingerprint density at radius 3 is 1.28 bits per heavy atom. The molecule has 0 aliphatic heterocycles. The average molecular weight is 443 g/mol. The zero-order valence-corrected chi connectivity index (χ0v) is 22.3. The van der Waals surface area contributed by atoms with Crippen LogP contribution >= 0.6 is 0 Å². The van der Waals surface area contributed by atoms with E-state index in [9.17, 15) is 18.1 Å². The Labute approximate surface area is 204 Å². The third kappa shape index (κ3) is 28.9. The maximum Gasteiger partial charge on any atom is 1.00 e. The third-order valence-corrected chi connectivity index (χ3v) is 6.36. The molecule has 0 radical (unpaired) electrons. The van der Waals surface area contributed by atoms with Gasteiger partial charge in [0.2, 0.25) is 0 Å². The van der Waals surface area contributed by atoms with Crippen LogP contribution in [0.15, 0.2) is 0 Å². The van der Waals surface area contributed by atoms with Gasteiger partial charge in [0, 0.05) is 5.75 Å². The van der Waals surface area contributed by atoms with Crippen LogP contribution in [0, 0.1) is 0 Å². The predicted molar refractivity (Wildman–Crippen MR) is 119 cm³/mol. The topological polar surface area (TPSA) is 77.4 Å². The van der Waals surface area contributed by atoms with Crippen LogP contribution in [-0.2, 0) is 10.1 Å².